The predicted molar refractivity (Wildman–Crippen MR) is 203 cm³/mol. The number of methoxy groups -OCH3 is 1. The Bertz CT molecular complexity index is 1550. The molecule has 3 atom stereocenters. The second-order valence-corrected chi connectivity index (χ2v) is 13.1. The minimum Gasteiger partial charge on any atom is -0.481 e. The zero-order chi connectivity index (χ0) is 39.6. The molecule has 12 nitrogen and oxygen atoms in total. The Hall–Kier alpha value is -5.02. The second-order valence-electron chi connectivity index (χ2n) is 13.1. The van der Waals surface area contributed by atoms with Crippen LogP contribution in [-0.2, 0) is 46.5 Å². The van der Waals surface area contributed by atoms with E-state index in [-0.39, 0.29) is 25.4 Å². The molecule has 1 aromatic carbocycles. The summed E-state index contributed by atoms with van der Waals surface area (Å²) in [6.07, 6.45) is 13.5. The number of hydrogen-bond acceptors (Lipinski definition) is 10. The molecule has 0 saturated heterocycles. The molecule has 0 radical (unpaired) electrons. The molecular formula is C42H56N2O10. The van der Waals surface area contributed by atoms with Crippen LogP contribution in [0.1, 0.15) is 109 Å². The molecule has 0 spiro atoms. The number of esters is 2. The molecule has 2 rings (SSSR count). The van der Waals surface area contributed by atoms with Crippen LogP contribution in [0.15, 0.2) is 60.8 Å². The number of aliphatic carboxylic acids is 1. The van der Waals surface area contributed by atoms with Crippen LogP contribution < -0.4 is 10.1 Å². The zero-order valence-corrected chi connectivity index (χ0v) is 31.8. The number of carboxylic acids is 1. The van der Waals surface area contributed by atoms with E-state index < -0.39 is 47.8 Å². The third-order valence-corrected chi connectivity index (χ3v) is 8.81. The Labute approximate surface area is 319 Å². The molecule has 1 aromatic heterocycles. The largest absolute Gasteiger partial charge is 0.481 e. The van der Waals surface area contributed by atoms with Gasteiger partial charge in [0.25, 0.3) is 0 Å². The number of allylic oxidation sites excluding steroid dienone is 1. The van der Waals surface area contributed by atoms with Gasteiger partial charge in [0.05, 0.1) is 25.1 Å². The van der Waals surface area contributed by atoms with E-state index in [1.165, 1.54) is 18.7 Å². The number of carbonyl (C=O) groups is 5. The average Bonchev–Trinajstić information content (AvgIpc) is 3.16. The van der Waals surface area contributed by atoms with E-state index in [4.69, 9.17) is 14.2 Å². The maximum absolute atomic E-state index is 13.9. The molecule has 1 amide bonds. The predicted octanol–water partition coefficient (Wildman–Crippen LogP) is 6.08. The van der Waals surface area contributed by atoms with Crippen molar-refractivity contribution in [3.63, 3.8) is 0 Å². The molecule has 0 saturated carbocycles. The van der Waals surface area contributed by atoms with E-state index in [2.05, 4.69) is 29.1 Å². The van der Waals surface area contributed by atoms with Gasteiger partial charge in [-0.05, 0) is 62.4 Å². The molecule has 2 aromatic rings. The topological polar surface area (TPSA) is 178 Å². The number of aliphatic hydroxyl groups is 1. The van der Waals surface area contributed by atoms with Crippen LogP contribution in [0.2, 0.25) is 0 Å². The highest BCUT2D eigenvalue weighted by Gasteiger charge is 2.49. The van der Waals surface area contributed by atoms with Crippen molar-refractivity contribution >= 4 is 29.6 Å². The Kier molecular flexibility index (Phi) is 21.6. The van der Waals surface area contributed by atoms with Crippen LogP contribution >= 0.6 is 0 Å². The van der Waals surface area contributed by atoms with E-state index in [1.54, 1.807) is 55.5 Å². The lowest BCUT2D eigenvalue weighted by molar-refractivity contribution is -0.174. The van der Waals surface area contributed by atoms with Crippen LogP contribution in [0, 0.1) is 17.8 Å². The van der Waals surface area contributed by atoms with Gasteiger partial charge in [0.2, 0.25) is 5.91 Å². The third kappa shape index (κ3) is 17.2. The van der Waals surface area contributed by atoms with E-state index >= 15 is 0 Å². The fourth-order valence-electron chi connectivity index (χ4n) is 5.66. The summed E-state index contributed by atoms with van der Waals surface area (Å²) in [4.78, 5) is 68.4. The SMILES string of the molecule is CC#CCOc1ccc(C[C@H](NC(=O)[C@@H](C=CCCCCCCC(=O)CCCCCCC)[C@@](O)(CC(=O)OCc2ccccn2)C(=O)O)C(=O)OC)cc1. The third-order valence-electron chi connectivity index (χ3n) is 8.81. The molecule has 1 heterocycles. The van der Waals surface area contributed by atoms with Crippen molar-refractivity contribution in [3.05, 3.63) is 72.1 Å². The number of amides is 1. The summed E-state index contributed by atoms with van der Waals surface area (Å²) in [6, 6.07) is 10.5. The van der Waals surface area contributed by atoms with Crippen molar-refractivity contribution in [2.75, 3.05) is 13.7 Å². The Morgan fingerprint density at radius 2 is 1.63 bits per heavy atom. The number of benzene rings is 1. The number of carboxylic acid groups (broad SMARTS) is 1. The first-order valence-electron chi connectivity index (χ1n) is 18.7. The van der Waals surface area contributed by atoms with Crippen LogP contribution in [0.25, 0.3) is 0 Å². The fourth-order valence-corrected chi connectivity index (χ4v) is 5.66. The van der Waals surface area contributed by atoms with Gasteiger partial charge < -0.3 is 29.7 Å². The molecule has 0 unspecified atom stereocenters. The van der Waals surface area contributed by atoms with Gasteiger partial charge in [-0.15, -0.1) is 5.92 Å². The number of Topliss-reactive ketones (excluding diaryl/α,β-unsaturated/α-hetero) is 1. The van der Waals surface area contributed by atoms with Crippen LogP contribution in [0.4, 0.5) is 0 Å². The quantitative estimate of drug-likeness (QED) is 0.0418. The number of ether oxygens (including phenoxy) is 3. The highest BCUT2D eigenvalue weighted by molar-refractivity contribution is 5.95. The standard InChI is InChI=1S/C42H56N2O10/c1-4-6-8-11-14-20-34(45)21-15-12-9-10-13-16-22-36(42(51,41(49)50)30-38(46)54-31-33-19-17-18-27-43-33)39(47)44-37(40(48)52-3)29-32-23-25-35(26-24-32)53-28-7-5-2/h16-19,22-27,36-37,51H,4,6,8-15,20-21,28-31H2,1-3H3,(H,44,47)(H,49,50)/t36-,37+,42+/m1/s1. The number of hydrogen-bond donors (Lipinski definition) is 3. The lowest BCUT2D eigenvalue weighted by Gasteiger charge is -2.30. The summed E-state index contributed by atoms with van der Waals surface area (Å²) in [5.74, 6) is -0.128. The van der Waals surface area contributed by atoms with E-state index in [0.717, 1.165) is 52.1 Å². The summed E-state index contributed by atoms with van der Waals surface area (Å²) in [5, 5.41) is 24.3. The van der Waals surface area contributed by atoms with Crippen molar-refractivity contribution in [2.45, 2.75) is 122 Å². The van der Waals surface area contributed by atoms with Gasteiger partial charge in [-0.1, -0.05) is 81.7 Å². The number of nitrogens with zero attached hydrogens (tertiary/aromatic N) is 1. The van der Waals surface area contributed by atoms with Crippen molar-refractivity contribution < 1.29 is 48.4 Å². The van der Waals surface area contributed by atoms with Gasteiger partial charge in [0.15, 0.2) is 5.60 Å². The lowest BCUT2D eigenvalue weighted by Crippen LogP contribution is -2.55. The average molecular weight is 749 g/mol. The molecule has 0 aliphatic rings. The van der Waals surface area contributed by atoms with Crippen molar-refractivity contribution in [1.29, 1.82) is 0 Å². The van der Waals surface area contributed by atoms with Crippen LogP contribution in [0.3, 0.4) is 0 Å². The van der Waals surface area contributed by atoms with Gasteiger partial charge in [-0.2, -0.15) is 0 Å². The van der Waals surface area contributed by atoms with Crippen molar-refractivity contribution in [1.82, 2.24) is 10.3 Å². The lowest BCUT2D eigenvalue weighted by atomic mass is 9.82. The number of nitrogens with one attached hydrogen (secondary N) is 1. The number of rotatable bonds is 27. The monoisotopic (exact) mass is 748 g/mol. The molecule has 54 heavy (non-hydrogen) atoms. The van der Waals surface area contributed by atoms with Gasteiger partial charge in [-0.25, -0.2) is 9.59 Å². The van der Waals surface area contributed by atoms with E-state index in [9.17, 15) is 34.2 Å². The van der Waals surface area contributed by atoms with Crippen LogP contribution in [-0.4, -0.2) is 70.2 Å². The number of pyridine rings is 1. The van der Waals surface area contributed by atoms with E-state index in [1.807, 2.05) is 0 Å². The van der Waals surface area contributed by atoms with Crippen molar-refractivity contribution in [2.24, 2.45) is 5.92 Å². The number of unbranched alkanes of at least 4 members (excludes halogenated alkanes) is 8. The molecular weight excluding hydrogens is 692 g/mol. The molecule has 0 bridgehead atoms. The normalized spacial score (nSPS) is 13.1. The number of ketones is 1. The summed E-state index contributed by atoms with van der Waals surface area (Å²) >= 11 is 0. The Morgan fingerprint density at radius 1 is 0.944 bits per heavy atom. The first-order valence-corrected chi connectivity index (χ1v) is 18.7. The number of aromatic nitrogens is 1. The molecule has 294 valence electrons. The summed E-state index contributed by atoms with van der Waals surface area (Å²) in [7, 11) is 1.15. The minimum atomic E-state index is -2.93. The maximum atomic E-state index is 13.9. The van der Waals surface area contributed by atoms with Crippen molar-refractivity contribution in [3.8, 4) is 17.6 Å². The van der Waals surface area contributed by atoms with E-state index in [0.29, 0.717) is 42.7 Å². The molecule has 12 heteroatoms. The summed E-state index contributed by atoms with van der Waals surface area (Å²) < 4.78 is 15.7. The zero-order valence-electron chi connectivity index (χ0n) is 31.8. The minimum absolute atomic E-state index is 0.0249. The Morgan fingerprint density at radius 3 is 2.24 bits per heavy atom. The molecule has 3 N–H and O–H groups in total. The summed E-state index contributed by atoms with van der Waals surface area (Å²) in [6.45, 7) is 3.79. The molecule has 0 fully saturated rings. The summed E-state index contributed by atoms with van der Waals surface area (Å²) in [5.41, 5.74) is -1.90. The Balaban J connectivity index is 2.15. The first-order chi connectivity index (χ1) is 26.0. The highest BCUT2D eigenvalue weighted by atomic mass is 16.5. The number of carbonyl (C=O) groups excluding carboxylic acids is 4. The van der Waals surface area contributed by atoms with Crippen LogP contribution in [0.5, 0.6) is 5.75 Å². The molecule has 0 aliphatic carbocycles. The second kappa shape index (κ2) is 25.9. The smallest absolute Gasteiger partial charge is 0.337 e. The fraction of sp³-hybridized carbons (Fsp3) is 0.524. The highest BCUT2D eigenvalue weighted by Crippen LogP contribution is 2.27. The van der Waals surface area contributed by atoms with Gasteiger partial charge >= 0.3 is 17.9 Å². The van der Waals surface area contributed by atoms with Gasteiger partial charge in [-0.3, -0.25) is 19.4 Å². The first kappa shape index (κ1) is 45.1. The van der Waals surface area contributed by atoms with Gasteiger partial charge in [0.1, 0.15) is 30.8 Å². The van der Waals surface area contributed by atoms with Gasteiger partial charge in [0, 0.05) is 25.5 Å². The maximum Gasteiger partial charge on any atom is 0.337 e. The molecule has 0 aliphatic heterocycles.